The Bertz CT molecular complexity index is 1470. The van der Waals surface area contributed by atoms with E-state index in [9.17, 15) is 9.59 Å². The van der Waals surface area contributed by atoms with E-state index in [1.54, 1.807) is 7.11 Å². The van der Waals surface area contributed by atoms with E-state index in [-0.39, 0.29) is 37.0 Å². The molecule has 8 nitrogen and oxygen atoms in total. The van der Waals surface area contributed by atoms with Crippen LogP contribution in [-0.4, -0.2) is 58.4 Å². The molecule has 1 N–H and O–H groups in total. The second-order valence-corrected chi connectivity index (χ2v) is 12.8. The first kappa shape index (κ1) is 32.6. The van der Waals surface area contributed by atoms with Crippen LogP contribution in [0.25, 0.3) is 0 Å². The number of benzene rings is 3. The van der Waals surface area contributed by atoms with Crippen molar-refractivity contribution in [2.75, 3.05) is 44.2 Å². The summed E-state index contributed by atoms with van der Waals surface area (Å²) in [6.07, 6.45) is 4.55. The van der Waals surface area contributed by atoms with Crippen molar-refractivity contribution in [2.24, 2.45) is 5.92 Å². The van der Waals surface area contributed by atoms with Crippen LogP contribution >= 0.6 is 11.6 Å². The fraction of sp³-hybridized carbons (Fsp3) is 0.444. The smallest absolute Gasteiger partial charge is 0.319 e. The molecule has 1 aliphatic carbocycles. The maximum Gasteiger partial charge on any atom is 0.319 e. The lowest BCUT2D eigenvalue weighted by Crippen LogP contribution is -2.41. The number of hydrogen-bond donors (Lipinski definition) is 1. The quantitative estimate of drug-likeness (QED) is 0.239. The largest absolute Gasteiger partial charge is 0.493 e. The summed E-state index contributed by atoms with van der Waals surface area (Å²) in [6, 6.07) is 19.9. The van der Waals surface area contributed by atoms with Gasteiger partial charge in [-0.1, -0.05) is 23.7 Å². The number of halogens is 1. The van der Waals surface area contributed by atoms with Crippen molar-refractivity contribution in [1.82, 2.24) is 5.32 Å². The molecule has 1 saturated carbocycles. The summed E-state index contributed by atoms with van der Waals surface area (Å²) >= 11 is 6.27. The number of esters is 1. The zero-order valence-electron chi connectivity index (χ0n) is 26.8. The maximum atomic E-state index is 13.9. The summed E-state index contributed by atoms with van der Waals surface area (Å²) in [5.74, 6) is 1.65. The van der Waals surface area contributed by atoms with Gasteiger partial charge in [0.05, 0.1) is 39.3 Å². The van der Waals surface area contributed by atoms with Crippen LogP contribution in [0.5, 0.6) is 11.5 Å². The minimum Gasteiger partial charge on any atom is -0.493 e. The number of ether oxygens (including phenoxy) is 3. The summed E-state index contributed by atoms with van der Waals surface area (Å²) < 4.78 is 16.5. The fourth-order valence-corrected chi connectivity index (χ4v) is 6.66. The number of nitrogens with one attached hydrogen (secondary N) is 1. The molecule has 0 aromatic heterocycles. The zero-order valence-corrected chi connectivity index (χ0v) is 27.6. The van der Waals surface area contributed by atoms with Crippen molar-refractivity contribution in [3.05, 3.63) is 82.4 Å². The number of hydrogen-bond acceptors (Lipinski definition) is 7. The molecular weight excluding hydrogens is 590 g/mol. The standard InChI is InChI=1S/C36H44ClN3O5/c1-23(2)45-33-20-31-26(18-32(33)43-4)19-34(41)40(36(31)25-8-10-27(37)11-9-25)30-16-14-29(15-17-30)39(3)22-24-6-12-28(13-7-24)38-21-35(42)44-5/h8-11,14-18,20,23-24,28,36,38H,6-7,12-13,19,21-22H2,1-5H3/t24-,28-,36-/m0/s1. The number of carbonyl (C=O) groups is 2. The summed E-state index contributed by atoms with van der Waals surface area (Å²) in [7, 11) is 5.16. The third kappa shape index (κ3) is 7.74. The van der Waals surface area contributed by atoms with Crippen molar-refractivity contribution < 1.29 is 23.8 Å². The van der Waals surface area contributed by atoms with Gasteiger partial charge in [-0.15, -0.1) is 0 Å². The molecule has 3 aromatic rings. The van der Waals surface area contributed by atoms with Gasteiger partial charge in [0, 0.05) is 36.0 Å². The summed E-state index contributed by atoms with van der Waals surface area (Å²) in [5, 5.41) is 3.96. The molecule has 5 rings (SSSR count). The minimum absolute atomic E-state index is 0.0145. The number of carbonyl (C=O) groups excluding carboxylic acids is 2. The minimum atomic E-state index is -0.356. The van der Waals surface area contributed by atoms with Crippen LogP contribution < -0.4 is 24.6 Å². The monoisotopic (exact) mass is 633 g/mol. The van der Waals surface area contributed by atoms with Gasteiger partial charge >= 0.3 is 5.97 Å². The van der Waals surface area contributed by atoms with Crippen LogP contribution in [0.2, 0.25) is 5.02 Å². The van der Waals surface area contributed by atoms with Gasteiger partial charge in [0.25, 0.3) is 0 Å². The molecule has 0 saturated heterocycles. The van der Waals surface area contributed by atoms with E-state index in [1.165, 1.54) is 7.11 Å². The molecule has 1 atom stereocenters. The first-order chi connectivity index (χ1) is 21.7. The Morgan fingerprint density at radius 1 is 1.00 bits per heavy atom. The van der Waals surface area contributed by atoms with Crippen molar-refractivity contribution in [3.63, 3.8) is 0 Å². The Morgan fingerprint density at radius 3 is 2.31 bits per heavy atom. The van der Waals surface area contributed by atoms with Crippen LogP contribution in [-0.2, 0) is 20.7 Å². The SMILES string of the molecule is COC(=O)CN[C@H]1CC[C@H](CN(C)c2ccc(N3C(=O)Cc4cc(OC)c(OC(C)C)cc4[C@@H]3c3ccc(Cl)cc3)cc2)CC1. The topological polar surface area (TPSA) is 80.3 Å². The maximum absolute atomic E-state index is 13.9. The Balaban J connectivity index is 1.36. The third-order valence-corrected chi connectivity index (χ3v) is 9.10. The van der Waals surface area contributed by atoms with Gasteiger partial charge in [-0.05, 0) is 111 Å². The van der Waals surface area contributed by atoms with E-state index >= 15 is 0 Å². The molecule has 45 heavy (non-hydrogen) atoms. The highest BCUT2D eigenvalue weighted by Gasteiger charge is 2.36. The molecule has 0 radical (unpaired) electrons. The molecule has 1 fully saturated rings. The first-order valence-electron chi connectivity index (χ1n) is 15.7. The van der Waals surface area contributed by atoms with Gasteiger partial charge in [-0.3, -0.25) is 9.59 Å². The van der Waals surface area contributed by atoms with E-state index in [0.29, 0.717) is 28.5 Å². The van der Waals surface area contributed by atoms with Gasteiger partial charge in [-0.2, -0.15) is 0 Å². The molecule has 1 amide bonds. The lowest BCUT2D eigenvalue weighted by atomic mass is 9.85. The number of fused-ring (bicyclic) bond motifs is 1. The Morgan fingerprint density at radius 2 is 1.69 bits per heavy atom. The van der Waals surface area contributed by atoms with Crippen LogP contribution in [0.4, 0.5) is 11.4 Å². The van der Waals surface area contributed by atoms with Gasteiger partial charge in [0.15, 0.2) is 11.5 Å². The van der Waals surface area contributed by atoms with Gasteiger partial charge in [0.1, 0.15) is 0 Å². The highest BCUT2D eigenvalue weighted by Crippen LogP contribution is 2.44. The Labute approximate surface area is 271 Å². The van der Waals surface area contributed by atoms with E-state index in [4.69, 9.17) is 25.8 Å². The van der Waals surface area contributed by atoms with Crippen LogP contribution in [0.15, 0.2) is 60.7 Å². The van der Waals surface area contributed by atoms with Crippen molar-refractivity contribution >= 4 is 34.9 Å². The summed E-state index contributed by atoms with van der Waals surface area (Å²) in [6.45, 7) is 5.19. The molecular formula is C36H44ClN3O5. The number of anilines is 2. The molecule has 0 unspecified atom stereocenters. The predicted octanol–water partition coefficient (Wildman–Crippen LogP) is 6.57. The average Bonchev–Trinajstić information content (AvgIpc) is 3.04. The second-order valence-electron chi connectivity index (χ2n) is 12.3. The lowest BCUT2D eigenvalue weighted by Gasteiger charge is -2.38. The van der Waals surface area contributed by atoms with Crippen molar-refractivity contribution in [1.29, 1.82) is 0 Å². The highest BCUT2D eigenvalue weighted by atomic mass is 35.5. The highest BCUT2D eigenvalue weighted by molar-refractivity contribution is 6.30. The molecule has 2 aliphatic rings. The molecule has 0 spiro atoms. The van der Waals surface area contributed by atoms with Crippen molar-refractivity contribution in [2.45, 2.75) is 64.1 Å². The van der Waals surface area contributed by atoms with Gasteiger partial charge in [-0.25, -0.2) is 0 Å². The number of methoxy groups -OCH3 is 2. The number of nitrogens with zero attached hydrogens (tertiary/aromatic N) is 2. The van der Waals surface area contributed by atoms with E-state index in [2.05, 4.69) is 29.4 Å². The Hall–Kier alpha value is -3.75. The van der Waals surface area contributed by atoms with E-state index in [0.717, 1.165) is 60.3 Å². The zero-order chi connectivity index (χ0) is 32.1. The molecule has 1 heterocycles. The van der Waals surface area contributed by atoms with Crippen molar-refractivity contribution in [3.8, 4) is 11.5 Å². The molecule has 0 bridgehead atoms. The van der Waals surface area contributed by atoms with Crippen LogP contribution in [0.3, 0.4) is 0 Å². The molecule has 240 valence electrons. The molecule has 9 heteroatoms. The van der Waals surface area contributed by atoms with Gasteiger partial charge in [0.2, 0.25) is 5.91 Å². The summed E-state index contributed by atoms with van der Waals surface area (Å²) in [5.41, 5.74) is 4.84. The Kier molecular flexibility index (Phi) is 10.6. The lowest BCUT2D eigenvalue weighted by molar-refractivity contribution is -0.139. The number of rotatable bonds is 11. The average molecular weight is 634 g/mol. The van der Waals surface area contributed by atoms with Crippen LogP contribution in [0, 0.1) is 5.92 Å². The summed E-state index contributed by atoms with van der Waals surface area (Å²) in [4.78, 5) is 29.5. The normalized spacial score (nSPS) is 19.7. The predicted molar refractivity (Wildman–Crippen MR) is 179 cm³/mol. The van der Waals surface area contributed by atoms with Gasteiger partial charge < -0.3 is 29.3 Å². The first-order valence-corrected chi connectivity index (χ1v) is 16.1. The molecule has 3 aromatic carbocycles. The second kappa shape index (κ2) is 14.6. The van der Waals surface area contributed by atoms with E-state index in [1.807, 2.05) is 67.3 Å². The van der Waals surface area contributed by atoms with E-state index < -0.39 is 0 Å². The molecule has 1 aliphatic heterocycles. The van der Waals surface area contributed by atoms with Crippen LogP contribution in [0.1, 0.15) is 62.3 Å². The number of amides is 1. The third-order valence-electron chi connectivity index (χ3n) is 8.85. The fourth-order valence-electron chi connectivity index (χ4n) is 6.54.